The maximum Gasteiger partial charge on any atom is 0.191 e. The van der Waals surface area contributed by atoms with Gasteiger partial charge in [-0.05, 0) is 60.3 Å². The largest absolute Gasteiger partial charge is 0.357 e. The fourth-order valence-electron chi connectivity index (χ4n) is 2.74. The zero-order valence-electron chi connectivity index (χ0n) is 15.4. The first kappa shape index (κ1) is 19.2. The number of piperidine rings is 1. The Bertz CT molecular complexity index is 321. The summed E-state index contributed by atoms with van der Waals surface area (Å²) in [6, 6.07) is 0. The molecular formula is C17H37N5. The summed E-state index contributed by atoms with van der Waals surface area (Å²) >= 11 is 0. The fraction of sp³-hybridized carbons (Fsp3) is 0.941. The van der Waals surface area contributed by atoms with E-state index in [1.165, 1.54) is 32.4 Å². The lowest BCUT2D eigenvalue weighted by Crippen LogP contribution is -2.50. The first-order valence-corrected chi connectivity index (χ1v) is 8.95. The van der Waals surface area contributed by atoms with Crippen LogP contribution in [0.5, 0.6) is 0 Å². The van der Waals surface area contributed by atoms with E-state index in [0.717, 1.165) is 38.7 Å². The first-order valence-electron chi connectivity index (χ1n) is 8.95. The lowest BCUT2D eigenvalue weighted by molar-refractivity contribution is 0.102. The Kier molecular flexibility index (Phi) is 8.79. The van der Waals surface area contributed by atoms with Crippen molar-refractivity contribution in [3.8, 4) is 0 Å². The molecule has 2 N–H and O–H groups in total. The van der Waals surface area contributed by atoms with Crippen molar-refractivity contribution >= 4 is 5.96 Å². The van der Waals surface area contributed by atoms with Crippen LogP contribution in [0.4, 0.5) is 0 Å². The second kappa shape index (κ2) is 10.1. The third-order valence-electron chi connectivity index (χ3n) is 4.51. The van der Waals surface area contributed by atoms with Crippen LogP contribution in [-0.2, 0) is 0 Å². The lowest BCUT2D eigenvalue weighted by atomic mass is 9.99. The molecule has 0 amide bonds. The van der Waals surface area contributed by atoms with Crippen LogP contribution in [0.1, 0.15) is 47.0 Å². The molecule has 0 saturated carbocycles. The van der Waals surface area contributed by atoms with Crippen molar-refractivity contribution in [2.75, 3.05) is 52.9 Å². The predicted molar refractivity (Wildman–Crippen MR) is 96.7 cm³/mol. The zero-order chi connectivity index (χ0) is 16.4. The van der Waals surface area contributed by atoms with Gasteiger partial charge in [0.05, 0.1) is 6.54 Å². The summed E-state index contributed by atoms with van der Waals surface area (Å²) in [5.41, 5.74) is 0.142. The molecule has 1 rings (SSSR count). The van der Waals surface area contributed by atoms with Crippen LogP contribution < -0.4 is 10.6 Å². The highest BCUT2D eigenvalue weighted by Crippen LogP contribution is 2.20. The van der Waals surface area contributed by atoms with E-state index >= 15 is 0 Å². The molecule has 0 aromatic heterocycles. The SMILES string of the molecule is CCNC(=NCC(C)(C)N1CCCCC1)NCCN(C)CC. The third-order valence-corrected chi connectivity index (χ3v) is 4.51. The minimum absolute atomic E-state index is 0.142. The summed E-state index contributed by atoms with van der Waals surface area (Å²) in [7, 11) is 2.14. The second-order valence-corrected chi connectivity index (χ2v) is 6.88. The van der Waals surface area contributed by atoms with Crippen LogP contribution in [0, 0.1) is 0 Å². The summed E-state index contributed by atoms with van der Waals surface area (Å²) in [4.78, 5) is 9.71. The van der Waals surface area contributed by atoms with E-state index in [0.29, 0.717) is 0 Å². The molecule has 0 unspecified atom stereocenters. The molecule has 1 fully saturated rings. The van der Waals surface area contributed by atoms with Crippen LogP contribution in [0.2, 0.25) is 0 Å². The number of hydrogen-bond acceptors (Lipinski definition) is 3. The summed E-state index contributed by atoms with van der Waals surface area (Å²) in [5.74, 6) is 0.942. The van der Waals surface area contributed by atoms with E-state index < -0.39 is 0 Å². The highest BCUT2D eigenvalue weighted by atomic mass is 15.2. The van der Waals surface area contributed by atoms with Crippen molar-refractivity contribution in [2.45, 2.75) is 52.5 Å². The van der Waals surface area contributed by atoms with Gasteiger partial charge in [0, 0.05) is 25.2 Å². The predicted octanol–water partition coefficient (Wildman–Crippen LogP) is 1.76. The number of hydrogen-bond donors (Lipinski definition) is 2. The lowest BCUT2D eigenvalue weighted by Gasteiger charge is -2.40. The van der Waals surface area contributed by atoms with Gasteiger partial charge in [0.1, 0.15) is 0 Å². The summed E-state index contributed by atoms with van der Waals surface area (Å²) in [6.45, 7) is 16.2. The Hall–Kier alpha value is -0.810. The van der Waals surface area contributed by atoms with E-state index in [-0.39, 0.29) is 5.54 Å². The molecule has 0 aromatic carbocycles. The number of nitrogens with one attached hydrogen (secondary N) is 2. The molecular weight excluding hydrogens is 274 g/mol. The standard InChI is InChI=1S/C17H37N5/c1-6-18-16(19-11-14-21(5)7-2)20-15-17(3,4)22-12-9-8-10-13-22/h6-15H2,1-5H3,(H2,18,19,20). The van der Waals surface area contributed by atoms with E-state index in [1.807, 2.05) is 0 Å². The van der Waals surface area contributed by atoms with E-state index in [1.54, 1.807) is 0 Å². The van der Waals surface area contributed by atoms with E-state index in [4.69, 9.17) is 4.99 Å². The monoisotopic (exact) mass is 311 g/mol. The molecule has 0 atom stereocenters. The molecule has 0 aliphatic carbocycles. The minimum atomic E-state index is 0.142. The summed E-state index contributed by atoms with van der Waals surface area (Å²) in [5, 5.41) is 6.79. The molecule has 1 saturated heterocycles. The van der Waals surface area contributed by atoms with Crippen molar-refractivity contribution in [3.05, 3.63) is 0 Å². The number of guanidine groups is 1. The summed E-state index contributed by atoms with van der Waals surface area (Å²) < 4.78 is 0. The van der Waals surface area contributed by atoms with Crippen molar-refractivity contribution < 1.29 is 0 Å². The molecule has 22 heavy (non-hydrogen) atoms. The number of likely N-dealkylation sites (tertiary alicyclic amines) is 1. The van der Waals surface area contributed by atoms with Gasteiger partial charge < -0.3 is 15.5 Å². The average Bonchev–Trinajstić information content (AvgIpc) is 2.53. The van der Waals surface area contributed by atoms with Gasteiger partial charge in [-0.2, -0.15) is 0 Å². The van der Waals surface area contributed by atoms with Crippen LogP contribution >= 0.6 is 0 Å². The van der Waals surface area contributed by atoms with Gasteiger partial charge >= 0.3 is 0 Å². The van der Waals surface area contributed by atoms with Crippen molar-refractivity contribution in [1.29, 1.82) is 0 Å². The molecule has 0 spiro atoms. The van der Waals surface area contributed by atoms with Gasteiger partial charge in [0.2, 0.25) is 0 Å². The van der Waals surface area contributed by atoms with Gasteiger partial charge in [-0.15, -0.1) is 0 Å². The minimum Gasteiger partial charge on any atom is -0.357 e. The Morgan fingerprint density at radius 3 is 2.41 bits per heavy atom. The maximum atomic E-state index is 4.82. The number of rotatable bonds is 8. The molecule has 5 nitrogen and oxygen atoms in total. The molecule has 1 aliphatic heterocycles. The van der Waals surface area contributed by atoms with Crippen molar-refractivity contribution in [1.82, 2.24) is 20.4 Å². The van der Waals surface area contributed by atoms with E-state index in [2.05, 4.69) is 55.2 Å². The van der Waals surface area contributed by atoms with Gasteiger partial charge in [0.25, 0.3) is 0 Å². The molecule has 0 radical (unpaired) electrons. The van der Waals surface area contributed by atoms with Gasteiger partial charge in [0.15, 0.2) is 5.96 Å². The number of nitrogens with zero attached hydrogens (tertiary/aromatic N) is 3. The van der Waals surface area contributed by atoms with Crippen LogP contribution in [0.15, 0.2) is 4.99 Å². The Balaban J connectivity index is 2.48. The summed E-state index contributed by atoms with van der Waals surface area (Å²) in [6.07, 6.45) is 4.04. The number of likely N-dealkylation sites (N-methyl/N-ethyl adjacent to an activating group) is 1. The van der Waals surface area contributed by atoms with E-state index in [9.17, 15) is 0 Å². The molecule has 0 bridgehead atoms. The van der Waals surface area contributed by atoms with Crippen molar-refractivity contribution in [2.24, 2.45) is 4.99 Å². The first-order chi connectivity index (χ1) is 10.5. The maximum absolute atomic E-state index is 4.82. The molecule has 5 heteroatoms. The average molecular weight is 312 g/mol. The zero-order valence-corrected chi connectivity index (χ0v) is 15.4. The fourth-order valence-corrected chi connectivity index (χ4v) is 2.74. The molecule has 0 aromatic rings. The topological polar surface area (TPSA) is 42.9 Å². The van der Waals surface area contributed by atoms with Gasteiger partial charge in [-0.1, -0.05) is 13.3 Å². The smallest absolute Gasteiger partial charge is 0.191 e. The Morgan fingerprint density at radius 1 is 1.14 bits per heavy atom. The normalized spacial score (nSPS) is 17.8. The highest BCUT2D eigenvalue weighted by molar-refractivity contribution is 5.79. The van der Waals surface area contributed by atoms with Crippen LogP contribution in [0.25, 0.3) is 0 Å². The van der Waals surface area contributed by atoms with Crippen LogP contribution in [0.3, 0.4) is 0 Å². The Labute approximate surface area is 137 Å². The molecule has 1 aliphatic rings. The number of aliphatic imine (C=N–C) groups is 1. The van der Waals surface area contributed by atoms with Gasteiger partial charge in [-0.25, -0.2) is 0 Å². The van der Waals surface area contributed by atoms with Crippen LogP contribution in [-0.4, -0.2) is 74.2 Å². The molecule has 130 valence electrons. The third kappa shape index (κ3) is 6.97. The van der Waals surface area contributed by atoms with Crippen molar-refractivity contribution in [3.63, 3.8) is 0 Å². The molecule has 1 heterocycles. The Morgan fingerprint density at radius 2 is 1.82 bits per heavy atom. The van der Waals surface area contributed by atoms with Gasteiger partial charge in [-0.3, -0.25) is 9.89 Å². The highest BCUT2D eigenvalue weighted by Gasteiger charge is 2.27. The quantitative estimate of drug-likeness (QED) is 0.529. The second-order valence-electron chi connectivity index (χ2n) is 6.88.